The molecule has 1 rings (SSSR count). The molecule has 0 aliphatic carbocycles. The normalized spacial score (nSPS) is 11.7. The van der Waals surface area contributed by atoms with Crippen molar-refractivity contribution >= 4 is 29.2 Å². The van der Waals surface area contributed by atoms with Crippen molar-refractivity contribution in [3.63, 3.8) is 0 Å². The third-order valence-corrected chi connectivity index (χ3v) is 2.87. The summed E-state index contributed by atoms with van der Waals surface area (Å²) < 4.78 is 0. The van der Waals surface area contributed by atoms with Crippen molar-refractivity contribution < 1.29 is 0 Å². The lowest BCUT2D eigenvalue weighted by Gasteiger charge is -2.01. The molecule has 0 saturated heterocycles. The highest BCUT2D eigenvalue weighted by atomic mass is 35.5. The van der Waals surface area contributed by atoms with Gasteiger partial charge in [0.05, 0.1) is 0 Å². The van der Waals surface area contributed by atoms with Crippen LogP contribution in [0.25, 0.3) is 0 Å². The maximum Gasteiger partial charge on any atom is 0.156 e. The Morgan fingerprint density at radius 1 is 1.62 bits per heavy atom. The Bertz CT molecular complexity index is 314. The van der Waals surface area contributed by atoms with Crippen LogP contribution in [-0.2, 0) is 0 Å². The zero-order valence-corrected chi connectivity index (χ0v) is 8.77. The molecule has 0 saturated carbocycles. The summed E-state index contributed by atoms with van der Waals surface area (Å²) in [5, 5.41) is 0.750. The van der Waals surface area contributed by atoms with E-state index in [0.29, 0.717) is 5.82 Å². The standard InChI is InChI=1S/C8H10ClN3S/c1-6(4-9)5-13-8-7(10)11-2-3-12-8/h2-4H,5H2,1H3,(H2,10,11). The lowest BCUT2D eigenvalue weighted by atomic mass is 10.4. The molecule has 0 amide bonds. The Hall–Kier alpha value is -0.740. The van der Waals surface area contributed by atoms with Gasteiger partial charge in [-0.15, -0.1) is 0 Å². The number of nitrogen functional groups attached to an aromatic ring is 1. The second-order valence-corrected chi connectivity index (χ2v) is 3.67. The topological polar surface area (TPSA) is 51.8 Å². The van der Waals surface area contributed by atoms with Gasteiger partial charge in [-0.05, 0) is 6.92 Å². The first-order valence-corrected chi connectivity index (χ1v) is 5.11. The second kappa shape index (κ2) is 5.09. The molecule has 0 aliphatic heterocycles. The first-order chi connectivity index (χ1) is 6.24. The summed E-state index contributed by atoms with van der Waals surface area (Å²) in [6, 6.07) is 0. The first kappa shape index (κ1) is 10.3. The fourth-order valence-corrected chi connectivity index (χ4v) is 1.61. The molecule has 1 aromatic heterocycles. The number of anilines is 1. The van der Waals surface area contributed by atoms with Gasteiger partial charge in [-0.25, -0.2) is 9.97 Å². The van der Waals surface area contributed by atoms with Gasteiger partial charge in [0.25, 0.3) is 0 Å². The molecule has 0 fully saturated rings. The average Bonchev–Trinajstić information content (AvgIpc) is 2.16. The SMILES string of the molecule is CC(=CCl)CSc1nccnc1N. The molecule has 0 bridgehead atoms. The number of nitrogens with two attached hydrogens (primary N) is 1. The molecule has 0 atom stereocenters. The minimum atomic E-state index is 0.467. The van der Waals surface area contributed by atoms with Crippen LogP contribution in [0.3, 0.4) is 0 Å². The van der Waals surface area contributed by atoms with E-state index in [4.69, 9.17) is 17.3 Å². The first-order valence-electron chi connectivity index (χ1n) is 3.69. The minimum Gasteiger partial charge on any atom is -0.381 e. The molecular weight excluding hydrogens is 206 g/mol. The third-order valence-electron chi connectivity index (χ3n) is 1.31. The summed E-state index contributed by atoms with van der Waals surface area (Å²) in [7, 11) is 0. The highest BCUT2D eigenvalue weighted by Gasteiger charge is 2.01. The van der Waals surface area contributed by atoms with E-state index in [0.717, 1.165) is 16.4 Å². The van der Waals surface area contributed by atoms with Crippen molar-refractivity contribution in [3.8, 4) is 0 Å². The molecule has 0 aromatic carbocycles. The molecule has 0 aliphatic rings. The van der Waals surface area contributed by atoms with Gasteiger partial charge in [-0.3, -0.25) is 0 Å². The van der Waals surface area contributed by atoms with Gasteiger partial charge in [-0.1, -0.05) is 28.9 Å². The quantitative estimate of drug-likeness (QED) is 0.787. The summed E-state index contributed by atoms with van der Waals surface area (Å²) in [6.07, 6.45) is 3.20. The van der Waals surface area contributed by atoms with Gasteiger partial charge in [0.15, 0.2) is 5.82 Å². The second-order valence-electron chi connectivity index (χ2n) is 2.49. The Morgan fingerprint density at radius 3 is 2.92 bits per heavy atom. The Morgan fingerprint density at radius 2 is 2.31 bits per heavy atom. The molecule has 1 aromatic rings. The molecule has 13 heavy (non-hydrogen) atoms. The fraction of sp³-hybridized carbons (Fsp3) is 0.250. The van der Waals surface area contributed by atoms with E-state index in [2.05, 4.69) is 9.97 Å². The van der Waals surface area contributed by atoms with Crippen LogP contribution in [0, 0.1) is 0 Å². The summed E-state index contributed by atoms with van der Waals surface area (Å²) in [5.41, 5.74) is 8.24. The Labute approximate surface area is 86.4 Å². The van der Waals surface area contributed by atoms with E-state index in [1.54, 1.807) is 17.9 Å². The van der Waals surface area contributed by atoms with Crippen LogP contribution in [-0.4, -0.2) is 15.7 Å². The van der Waals surface area contributed by atoms with Crippen molar-refractivity contribution in [3.05, 3.63) is 23.5 Å². The van der Waals surface area contributed by atoms with Gasteiger partial charge in [-0.2, -0.15) is 0 Å². The van der Waals surface area contributed by atoms with Crippen molar-refractivity contribution in [1.29, 1.82) is 0 Å². The zero-order chi connectivity index (χ0) is 9.68. The largest absolute Gasteiger partial charge is 0.381 e. The highest BCUT2D eigenvalue weighted by Crippen LogP contribution is 2.21. The van der Waals surface area contributed by atoms with Crippen molar-refractivity contribution in [2.45, 2.75) is 11.9 Å². The highest BCUT2D eigenvalue weighted by molar-refractivity contribution is 7.99. The molecule has 70 valence electrons. The van der Waals surface area contributed by atoms with Crippen LogP contribution in [0.15, 0.2) is 28.5 Å². The number of aromatic nitrogens is 2. The summed E-state index contributed by atoms with van der Waals surface area (Å²) in [6.45, 7) is 1.95. The van der Waals surface area contributed by atoms with Crippen molar-refractivity contribution in [2.24, 2.45) is 0 Å². The average molecular weight is 216 g/mol. The lowest BCUT2D eigenvalue weighted by Crippen LogP contribution is -1.95. The predicted molar refractivity (Wildman–Crippen MR) is 56.8 cm³/mol. The fourth-order valence-electron chi connectivity index (χ4n) is 0.661. The molecule has 0 spiro atoms. The number of halogens is 1. The predicted octanol–water partition coefficient (Wildman–Crippen LogP) is 2.29. The molecule has 1 heterocycles. The summed E-state index contributed by atoms with van der Waals surface area (Å²) in [5.74, 6) is 1.25. The van der Waals surface area contributed by atoms with Gasteiger partial charge in [0.2, 0.25) is 0 Å². The number of hydrogen-bond acceptors (Lipinski definition) is 4. The van der Waals surface area contributed by atoms with E-state index < -0.39 is 0 Å². The van der Waals surface area contributed by atoms with Crippen molar-refractivity contribution in [1.82, 2.24) is 9.97 Å². The number of rotatable bonds is 3. The minimum absolute atomic E-state index is 0.467. The number of nitrogens with zero attached hydrogens (tertiary/aromatic N) is 2. The number of hydrogen-bond donors (Lipinski definition) is 1. The van der Waals surface area contributed by atoms with Crippen molar-refractivity contribution in [2.75, 3.05) is 11.5 Å². The molecular formula is C8H10ClN3S. The zero-order valence-electron chi connectivity index (χ0n) is 7.20. The van der Waals surface area contributed by atoms with Gasteiger partial charge >= 0.3 is 0 Å². The van der Waals surface area contributed by atoms with Crippen LogP contribution < -0.4 is 5.73 Å². The molecule has 0 radical (unpaired) electrons. The third kappa shape index (κ3) is 3.24. The van der Waals surface area contributed by atoms with Crippen LogP contribution in [0.4, 0.5) is 5.82 Å². The Balaban J connectivity index is 2.60. The smallest absolute Gasteiger partial charge is 0.156 e. The van der Waals surface area contributed by atoms with Crippen LogP contribution >= 0.6 is 23.4 Å². The van der Waals surface area contributed by atoms with Crippen LogP contribution in [0.1, 0.15) is 6.92 Å². The van der Waals surface area contributed by atoms with E-state index in [1.807, 2.05) is 6.92 Å². The molecule has 3 nitrogen and oxygen atoms in total. The Kier molecular flexibility index (Phi) is 4.05. The summed E-state index contributed by atoms with van der Waals surface area (Å²) >= 11 is 7.04. The van der Waals surface area contributed by atoms with Gasteiger partial charge in [0, 0.05) is 23.7 Å². The van der Waals surface area contributed by atoms with Crippen LogP contribution in [0.2, 0.25) is 0 Å². The van der Waals surface area contributed by atoms with Crippen LogP contribution in [0.5, 0.6) is 0 Å². The molecule has 5 heteroatoms. The van der Waals surface area contributed by atoms with Gasteiger partial charge < -0.3 is 5.73 Å². The maximum atomic E-state index is 5.60. The van der Waals surface area contributed by atoms with E-state index in [1.165, 1.54) is 11.8 Å². The summed E-state index contributed by atoms with van der Waals surface area (Å²) in [4.78, 5) is 8.01. The molecule has 2 N–H and O–H groups in total. The lowest BCUT2D eigenvalue weighted by molar-refractivity contribution is 1.07. The van der Waals surface area contributed by atoms with E-state index in [-0.39, 0.29) is 0 Å². The van der Waals surface area contributed by atoms with E-state index in [9.17, 15) is 0 Å². The van der Waals surface area contributed by atoms with E-state index >= 15 is 0 Å². The monoisotopic (exact) mass is 215 g/mol. The van der Waals surface area contributed by atoms with Gasteiger partial charge in [0.1, 0.15) is 5.03 Å². The maximum absolute atomic E-state index is 5.60. The molecule has 0 unspecified atom stereocenters. The number of thioether (sulfide) groups is 1.